The summed E-state index contributed by atoms with van der Waals surface area (Å²) in [5, 5.41) is 15.7. The number of amides is 2. The molecule has 8 nitrogen and oxygen atoms in total. The molecule has 0 bridgehead atoms. The van der Waals surface area contributed by atoms with Crippen LogP contribution < -0.4 is 10.6 Å². The molecule has 2 N–H and O–H groups in total. The van der Waals surface area contributed by atoms with E-state index in [9.17, 15) is 19.7 Å². The summed E-state index contributed by atoms with van der Waals surface area (Å²) in [4.78, 5) is 37.0. The van der Waals surface area contributed by atoms with Gasteiger partial charge in [0.1, 0.15) is 5.56 Å². The van der Waals surface area contributed by atoms with Gasteiger partial charge in [-0.3, -0.25) is 19.7 Å². The van der Waals surface area contributed by atoms with Gasteiger partial charge in [-0.05, 0) is 18.9 Å². The Labute approximate surface area is 125 Å². The molecule has 1 aromatic rings. The standard InChI is InChI=1S/C12H13ClN4O4/c13-10-9(17(20)21)8(3-4-14-10)12(19)16-6-5-15-11(18)7-1-2-7/h3-4,7H,1-2,5-6H2,(H,15,18)(H,16,19). The largest absolute Gasteiger partial charge is 0.354 e. The summed E-state index contributed by atoms with van der Waals surface area (Å²) in [5.74, 6) is -0.561. The number of hydrogen-bond donors (Lipinski definition) is 2. The average molecular weight is 313 g/mol. The molecule has 1 heterocycles. The van der Waals surface area contributed by atoms with Gasteiger partial charge in [-0.25, -0.2) is 4.98 Å². The lowest BCUT2D eigenvalue weighted by Gasteiger charge is -2.07. The number of nitrogens with zero attached hydrogens (tertiary/aromatic N) is 2. The van der Waals surface area contributed by atoms with Crippen LogP contribution in [0.4, 0.5) is 5.69 Å². The highest BCUT2D eigenvalue weighted by Gasteiger charge is 2.29. The number of carbonyl (C=O) groups is 2. The zero-order chi connectivity index (χ0) is 15.4. The van der Waals surface area contributed by atoms with Crippen molar-refractivity contribution in [1.29, 1.82) is 0 Å². The molecule has 2 rings (SSSR count). The van der Waals surface area contributed by atoms with E-state index in [-0.39, 0.29) is 35.6 Å². The van der Waals surface area contributed by atoms with Crippen LogP contribution in [-0.4, -0.2) is 34.8 Å². The molecule has 0 saturated heterocycles. The summed E-state index contributed by atoms with van der Waals surface area (Å²) in [6, 6.07) is 1.22. The van der Waals surface area contributed by atoms with E-state index < -0.39 is 16.5 Å². The number of halogens is 1. The first kappa shape index (κ1) is 15.2. The Kier molecular flexibility index (Phi) is 4.69. The Morgan fingerprint density at radius 2 is 2.05 bits per heavy atom. The smallest absolute Gasteiger partial charge is 0.319 e. The number of carbonyl (C=O) groups excluding carboxylic acids is 2. The first-order chi connectivity index (χ1) is 10.0. The number of rotatable bonds is 6. The van der Waals surface area contributed by atoms with Crippen LogP contribution in [0.15, 0.2) is 12.3 Å². The van der Waals surface area contributed by atoms with Crippen LogP contribution in [0.3, 0.4) is 0 Å². The second-order valence-electron chi connectivity index (χ2n) is 4.58. The number of aromatic nitrogens is 1. The van der Waals surface area contributed by atoms with Gasteiger partial charge in [0.15, 0.2) is 0 Å². The van der Waals surface area contributed by atoms with E-state index in [0.717, 1.165) is 12.8 Å². The lowest BCUT2D eigenvalue weighted by Crippen LogP contribution is -2.35. The minimum Gasteiger partial charge on any atom is -0.354 e. The SMILES string of the molecule is O=C(NCCNC(=O)C1CC1)c1ccnc(Cl)c1[N+](=O)[O-]. The van der Waals surface area contributed by atoms with Crippen LogP contribution in [0.1, 0.15) is 23.2 Å². The Morgan fingerprint density at radius 3 is 2.67 bits per heavy atom. The van der Waals surface area contributed by atoms with Crippen LogP contribution in [0, 0.1) is 16.0 Å². The zero-order valence-electron chi connectivity index (χ0n) is 11.0. The molecular formula is C12H13ClN4O4. The van der Waals surface area contributed by atoms with Crippen molar-refractivity contribution in [3.05, 3.63) is 33.1 Å². The molecule has 0 atom stereocenters. The molecule has 1 saturated carbocycles. The molecule has 112 valence electrons. The van der Waals surface area contributed by atoms with Crippen molar-refractivity contribution in [2.24, 2.45) is 5.92 Å². The van der Waals surface area contributed by atoms with E-state index in [1.165, 1.54) is 12.3 Å². The predicted octanol–water partition coefficient (Wildman–Crippen LogP) is 0.899. The lowest BCUT2D eigenvalue weighted by molar-refractivity contribution is -0.385. The van der Waals surface area contributed by atoms with Gasteiger partial charge in [-0.15, -0.1) is 0 Å². The molecule has 21 heavy (non-hydrogen) atoms. The summed E-state index contributed by atoms with van der Waals surface area (Å²) in [7, 11) is 0. The number of nitrogens with one attached hydrogen (secondary N) is 2. The first-order valence-corrected chi connectivity index (χ1v) is 6.73. The van der Waals surface area contributed by atoms with Gasteiger partial charge in [0, 0.05) is 25.2 Å². The molecule has 0 aliphatic heterocycles. The Hall–Kier alpha value is -2.22. The molecular weight excluding hydrogens is 300 g/mol. The van der Waals surface area contributed by atoms with Crippen molar-refractivity contribution < 1.29 is 14.5 Å². The predicted molar refractivity (Wildman–Crippen MR) is 74.0 cm³/mol. The highest BCUT2D eigenvalue weighted by atomic mass is 35.5. The first-order valence-electron chi connectivity index (χ1n) is 6.35. The van der Waals surface area contributed by atoms with E-state index in [4.69, 9.17) is 11.6 Å². The second-order valence-corrected chi connectivity index (χ2v) is 4.93. The van der Waals surface area contributed by atoms with Crippen LogP contribution in [0.2, 0.25) is 5.15 Å². The molecule has 0 unspecified atom stereocenters. The maximum atomic E-state index is 11.9. The molecule has 1 aliphatic rings. The van der Waals surface area contributed by atoms with Gasteiger partial charge in [0.2, 0.25) is 11.1 Å². The van der Waals surface area contributed by atoms with Crippen LogP contribution in [-0.2, 0) is 4.79 Å². The van der Waals surface area contributed by atoms with E-state index in [2.05, 4.69) is 15.6 Å². The fourth-order valence-electron chi connectivity index (χ4n) is 1.73. The van der Waals surface area contributed by atoms with E-state index in [0.29, 0.717) is 0 Å². The van der Waals surface area contributed by atoms with Crippen LogP contribution >= 0.6 is 11.6 Å². The highest BCUT2D eigenvalue weighted by Crippen LogP contribution is 2.28. The zero-order valence-corrected chi connectivity index (χ0v) is 11.7. The minimum atomic E-state index is -0.751. The number of pyridine rings is 1. The van der Waals surface area contributed by atoms with Gasteiger partial charge in [0.05, 0.1) is 4.92 Å². The van der Waals surface area contributed by atoms with Crippen molar-refractivity contribution in [2.75, 3.05) is 13.1 Å². The quantitative estimate of drug-likeness (QED) is 0.350. The Balaban J connectivity index is 1.89. The Morgan fingerprint density at radius 1 is 1.38 bits per heavy atom. The van der Waals surface area contributed by atoms with E-state index >= 15 is 0 Å². The van der Waals surface area contributed by atoms with Gasteiger partial charge in [-0.1, -0.05) is 11.6 Å². The minimum absolute atomic E-state index is 0.0258. The van der Waals surface area contributed by atoms with E-state index in [1.54, 1.807) is 0 Å². The maximum Gasteiger partial charge on any atom is 0.319 e. The second kappa shape index (κ2) is 6.49. The molecule has 1 aromatic heterocycles. The fraction of sp³-hybridized carbons (Fsp3) is 0.417. The van der Waals surface area contributed by atoms with Crippen molar-refractivity contribution >= 4 is 29.1 Å². The third kappa shape index (κ3) is 3.88. The average Bonchev–Trinajstić information content (AvgIpc) is 3.26. The monoisotopic (exact) mass is 312 g/mol. The lowest BCUT2D eigenvalue weighted by atomic mass is 10.2. The van der Waals surface area contributed by atoms with Crippen molar-refractivity contribution in [1.82, 2.24) is 15.6 Å². The molecule has 2 amide bonds. The third-order valence-electron chi connectivity index (χ3n) is 2.96. The normalized spacial score (nSPS) is 13.6. The number of nitro groups is 1. The summed E-state index contributed by atoms with van der Waals surface area (Å²) < 4.78 is 0. The van der Waals surface area contributed by atoms with Crippen molar-refractivity contribution in [3.63, 3.8) is 0 Å². The van der Waals surface area contributed by atoms with Gasteiger partial charge >= 0.3 is 5.69 Å². The number of hydrogen-bond acceptors (Lipinski definition) is 5. The molecule has 0 radical (unpaired) electrons. The van der Waals surface area contributed by atoms with Crippen molar-refractivity contribution in [3.8, 4) is 0 Å². The van der Waals surface area contributed by atoms with Gasteiger partial charge in [-0.2, -0.15) is 0 Å². The van der Waals surface area contributed by atoms with Crippen molar-refractivity contribution in [2.45, 2.75) is 12.8 Å². The van der Waals surface area contributed by atoms with Crippen LogP contribution in [0.5, 0.6) is 0 Å². The summed E-state index contributed by atoms with van der Waals surface area (Å²) in [6.07, 6.45) is 3.03. The molecule has 0 aromatic carbocycles. The van der Waals surface area contributed by atoms with Gasteiger partial charge in [0.25, 0.3) is 5.91 Å². The maximum absolute atomic E-state index is 11.9. The summed E-state index contributed by atoms with van der Waals surface area (Å²) >= 11 is 5.62. The topological polar surface area (TPSA) is 114 Å². The fourth-order valence-corrected chi connectivity index (χ4v) is 1.96. The molecule has 1 fully saturated rings. The summed E-state index contributed by atoms with van der Waals surface area (Å²) in [6.45, 7) is 0.447. The molecule has 0 spiro atoms. The Bertz CT molecular complexity index is 589. The molecule has 9 heteroatoms. The van der Waals surface area contributed by atoms with Crippen LogP contribution in [0.25, 0.3) is 0 Å². The third-order valence-corrected chi connectivity index (χ3v) is 3.24. The highest BCUT2D eigenvalue weighted by molar-refractivity contribution is 6.32. The molecule has 1 aliphatic carbocycles. The van der Waals surface area contributed by atoms with Gasteiger partial charge < -0.3 is 10.6 Å². The van der Waals surface area contributed by atoms with E-state index in [1.807, 2.05) is 0 Å². The summed E-state index contributed by atoms with van der Waals surface area (Å²) in [5.41, 5.74) is -0.688.